The zero-order chi connectivity index (χ0) is 35.9. The fourth-order valence-electron chi connectivity index (χ4n) is 7.08. The van der Waals surface area contributed by atoms with E-state index in [-0.39, 0.29) is 17.2 Å². The molecule has 0 bridgehead atoms. The highest BCUT2D eigenvalue weighted by molar-refractivity contribution is 7.86. The Kier molecular flexibility index (Phi) is 9.20. The topological polar surface area (TPSA) is 119 Å². The van der Waals surface area contributed by atoms with Crippen molar-refractivity contribution in [2.24, 2.45) is 5.92 Å². The first kappa shape index (κ1) is 34.1. The minimum absolute atomic E-state index is 0.0626. The minimum Gasteiger partial charge on any atom is -0.449 e. The van der Waals surface area contributed by atoms with Crippen molar-refractivity contribution in [3.63, 3.8) is 0 Å². The van der Waals surface area contributed by atoms with Gasteiger partial charge in [-0.15, -0.1) is 0 Å². The fraction of sp³-hybridized carbons (Fsp3) is 0.268. The predicted octanol–water partition coefficient (Wildman–Crippen LogP) is 6.36. The zero-order valence-corrected chi connectivity index (χ0v) is 29.4. The average molecular weight is 703 g/mol. The molecule has 2 aliphatic heterocycles. The maximum absolute atomic E-state index is 14.4. The number of rotatable bonds is 7. The molecule has 4 aromatic rings. The van der Waals surface area contributed by atoms with Crippen molar-refractivity contribution in [2.75, 3.05) is 17.2 Å². The van der Waals surface area contributed by atoms with E-state index in [1.807, 2.05) is 103 Å². The van der Waals surface area contributed by atoms with Crippen molar-refractivity contribution in [1.82, 2.24) is 5.32 Å². The van der Waals surface area contributed by atoms with Crippen LogP contribution < -0.4 is 10.2 Å². The standard InChI is InChI=1S/C41H38N2O7S/c1-41(2,3)50-40(47)42-34-35(44)33-32(39(46)49-36(26-14-6-4-7-15-26)27-16-8-5-9-17-27)29(24-51(48)37(33)34)23-28-21-22-43(38(28)45)31-20-12-18-25-13-10-11-19-30(25)31/h4-20,23,33-34,36-37H,21-22,24H2,1-3H3,(H,42,47)/b28-23+. The number of fused-ring (bicyclic) bond motifs is 2. The maximum Gasteiger partial charge on any atom is 0.408 e. The van der Waals surface area contributed by atoms with Gasteiger partial charge in [0.25, 0.3) is 5.91 Å². The van der Waals surface area contributed by atoms with Gasteiger partial charge in [0.15, 0.2) is 11.9 Å². The first-order chi connectivity index (χ1) is 24.5. The van der Waals surface area contributed by atoms with Crippen molar-refractivity contribution in [1.29, 1.82) is 0 Å². The van der Waals surface area contributed by atoms with Crippen LogP contribution in [0.25, 0.3) is 10.8 Å². The lowest BCUT2D eigenvalue weighted by atomic mass is 9.71. The Bertz CT molecular complexity index is 2080. The second kappa shape index (κ2) is 13.8. The van der Waals surface area contributed by atoms with Gasteiger partial charge in [0.1, 0.15) is 11.6 Å². The number of Topliss-reactive ketones (excluding diaryl/α,β-unsaturated/α-hetero) is 1. The number of carbonyl (C=O) groups is 4. The van der Waals surface area contributed by atoms with E-state index in [4.69, 9.17) is 9.47 Å². The van der Waals surface area contributed by atoms with Crippen molar-refractivity contribution < 1.29 is 32.9 Å². The number of ether oxygens (including phenoxy) is 2. The summed E-state index contributed by atoms with van der Waals surface area (Å²) < 4.78 is 25.5. The summed E-state index contributed by atoms with van der Waals surface area (Å²) in [5, 5.41) is 3.66. The smallest absolute Gasteiger partial charge is 0.408 e. The molecule has 9 nitrogen and oxygen atoms in total. The molecular formula is C41H38N2O7S. The summed E-state index contributed by atoms with van der Waals surface area (Å²) in [7, 11) is -1.67. The molecule has 4 aromatic carbocycles. The lowest BCUT2D eigenvalue weighted by molar-refractivity contribution is -0.146. The highest BCUT2D eigenvalue weighted by Crippen LogP contribution is 2.43. The Morgan fingerprint density at radius 2 is 1.51 bits per heavy atom. The minimum atomic E-state index is -1.67. The fourth-order valence-corrected chi connectivity index (χ4v) is 8.90. The van der Waals surface area contributed by atoms with Crippen LogP contribution in [0.4, 0.5) is 10.5 Å². The number of hydrogen-bond donors (Lipinski definition) is 1. The van der Waals surface area contributed by atoms with E-state index in [9.17, 15) is 23.4 Å². The lowest BCUT2D eigenvalue weighted by Crippen LogP contribution is -2.68. The molecule has 1 aliphatic carbocycles. The SMILES string of the molecule is CC(C)(C)OC(=O)NC1C(=O)C2C(C(=O)OC(c3ccccc3)c3ccccc3)=C(/C=C3\CCN(c4cccc5ccccc45)C3=O)CS(=O)C12. The van der Waals surface area contributed by atoms with E-state index in [0.29, 0.717) is 24.1 Å². The number of anilines is 1. The molecule has 260 valence electrons. The molecule has 0 radical (unpaired) electrons. The largest absolute Gasteiger partial charge is 0.449 e. The molecule has 0 aromatic heterocycles. The summed E-state index contributed by atoms with van der Waals surface area (Å²) in [6.07, 6.45) is 0.408. The number of carbonyl (C=O) groups excluding carboxylic acids is 4. The van der Waals surface area contributed by atoms with E-state index in [0.717, 1.165) is 27.6 Å². The summed E-state index contributed by atoms with van der Waals surface area (Å²) in [6.45, 7) is 5.53. The second-order valence-corrected chi connectivity index (χ2v) is 15.5. The predicted molar refractivity (Wildman–Crippen MR) is 195 cm³/mol. The molecule has 7 rings (SSSR count). The molecule has 4 atom stereocenters. The number of ketones is 1. The molecule has 2 heterocycles. The molecule has 51 heavy (non-hydrogen) atoms. The first-order valence-corrected chi connectivity index (χ1v) is 18.3. The number of benzene rings is 4. The zero-order valence-electron chi connectivity index (χ0n) is 28.5. The molecule has 1 N–H and O–H groups in total. The van der Waals surface area contributed by atoms with Crippen LogP contribution in [0.5, 0.6) is 0 Å². The van der Waals surface area contributed by atoms with Crippen molar-refractivity contribution in [2.45, 2.75) is 50.2 Å². The molecule has 4 unspecified atom stereocenters. The van der Waals surface area contributed by atoms with Gasteiger partial charge >= 0.3 is 12.1 Å². The van der Waals surface area contributed by atoms with E-state index in [1.54, 1.807) is 31.7 Å². The quantitative estimate of drug-likeness (QED) is 0.176. The van der Waals surface area contributed by atoms with E-state index < -0.39 is 57.6 Å². The third-order valence-corrected chi connectivity index (χ3v) is 11.1. The molecule has 2 amide bonds. The van der Waals surface area contributed by atoms with Crippen LogP contribution in [0, 0.1) is 5.92 Å². The summed E-state index contributed by atoms with van der Waals surface area (Å²) in [6, 6.07) is 31.1. The molecule has 1 saturated carbocycles. The van der Waals surface area contributed by atoms with Crippen LogP contribution in [0.3, 0.4) is 0 Å². The summed E-state index contributed by atoms with van der Waals surface area (Å²) in [5.74, 6) is -2.63. The first-order valence-electron chi connectivity index (χ1n) is 16.9. The monoisotopic (exact) mass is 702 g/mol. The molecule has 3 aliphatic rings. The summed E-state index contributed by atoms with van der Waals surface area (Å²) in [5.41, 5.74) is 2.26. The third kappa shape index (κ3) is 6.76. The Balaban J connectivity index is 1.26. The van der Waals surface area contributed by atoms with Gasteiger partial charge in [-0.05, 0) is 61.4 Å². The number of esters is 1. The molecule has 0 spiro atoms. The van der Waals surface area contributed by atoms with Gasteiger partial charge in [0, 0.05) is 34.1 Å². The van der Waals surface area contributed by atoms with Crippen LogP contribution in [-0.4, -0.2) is 57.2 Å². The Hall–Kier alpha value is -5.35. The Labute approximate surface area is 298 Å². The molecule has 2 fully saturated rings. The van der Waals surface area contributed by atoms with Crippen LogP contribution in [-0.2, 0) is 34.7 Å². The highest BCUT2D eigenvalue weighted by atomic mass is 32.2. The lowest BCUT2D eigenvalue weighted by Gasteiger charge is -2.46. The number of amides is 2. The number of nitrogens with one attached hydrogen (secondary N) is 1. The van der Waals surface area contributed by atoms with Crippen molar-refractivity contribution >= 4 is 51.0 Å². The van der Waals surface area contributed by atoms with Crippen LogP contribution >= 0.6 is 0 Å². The Morgan fingerprint density at radius 1 is 0.882 bits per heavy atom. The maximum atomic E-state index is 14.4. The van der Waals surface area contributed by atoms with Gasteiger partial charge in [0.2, 0.25) is 0 Å². The molecular weight excluding hydrogens is 665 g/mol. The number of hydrogen-bond acceptors (Lipinski definition) is 7. The van der Waals surface area contributed by atoms with E-state index >= 15 is 0 Å². The van der Waals surface area contributed by atoms with Crippen molar-refractivity contribution in [3.8, 4) is 0 Å². The summed E-state index contributed by atoms with van der Waals surface area (Å²) >= 11 is 0. The van der Waals surface area contributed by atoms with Crippen LogP contribution in [0.1, 0.15) is 44.4 Å². The number of allylic oxidation sites excluding steroid dienone is 1. The van der Waals surface area contributed by atoms with Gasteiger partial charge in [0.05, 0.1) is 22.4 Å². The third-order valence-electron chi connectivity index (χ3n) is 9.38. The van der Waals surface area contributed by atoms with Gasteiger partial charge < -0.3 is 19.7 Å². The van der Waals surface area contributed by atoms with Gasteiger partial charge in [-0.2, -0.15) is 0 Å². The summed E-state index contributed by atoms with van der Waals surface area (Å²) in [4.78, 5) is 56.6. The highest BCUT2D eigenvalue weighted by Gasteiger charge is 2.59. The van der Waals surface area contributed by atoms with Crippen molar-refractivity contribution in [3.05, 3.63) is 137 Å². The molecule has 10 heteroatoms. The number of nitrogens with zero attached hydrogens (tertiary/aromatic N) is 1. The second-order valence-electron chi connectivity index (χ2n) is 13.9. The Morgan fingerprint density at radius 3 is 2.18 bits per heavy atom. The van der Waals surface area contributed by atoms with E-state index in [1.165, 1.54) is 0 Å². The number of alkyl carbamates (subject to hydrolysis) is 1. The van der Waals surface area contributed by atoms with Gasteiger partial charge in [-0.25, -0.2) is 9.59 Å². The van der Waals surface area contributed by atoms with Crippen LogP contribution in [0.2, 0.25) is 0 Å². The average Bonchev–Trinajstić information content (AvgIpc) is 3.47. The van der Waals surface area contributed by atoms with Gasteiger partial charge in [-0.3, -0.25) is 13.8 Å². The molecule has 1 saturated heterocycles. The van der Waals surface area contributed by atoms with Crippen LogP contribution in [0.15, 0.2) is 126 Å². The normalized spacial score (nSPS) is 22.6. The van der Waals surface area contributed by atoms with E-state index in [2.05, 4.69) is 5.32 Å². The van der Waals surface area contributed by atoms with Gasteiger partial charge in [-0.1, -0.05) is 97.1 Å².